The lowest BCUT2D eigenvalue weighted by Crippen LogP contribution is -2.38. The summed E-state index contributed by atoms with van der Waals surface area (Å²) in [5, 5.41) is 0.905. The third-order valence-corrected chi connectivity index (χ3v) is 7.27. The van der Waals surface area contributed by atoms with Crippen LogP contribution in [0.25, 0.3) is 0 Å². The van der Waals surface area contributed by atoms with Crippen LogP contribution in [-0.4, -0.2) is 11.4 Å². The van der Waals surface area contributed by atoms with Gasteiger partial charge in [0.2, 0.25) is 0 Å². The van der Waals surface area contributed by atoms with Gasteiger partial charge in [-0.3, -0.25) is 4.90 Å². The van der Waals surface area contributed by atoms with Crippen molar-refractivity contribution < 1.29 is 0 Å². The van der Waals surface area contributed by atoms with Crippen molar-refractivity contribution >= 4 is 23.5 Å². The summed E-state index contributed by atoms with van der Waals surface area (Å²) < 4.78 is 0. The van der Waals surface area contributed by atoms with E-state index < -0.39 is 0 Å². The van der Waals surface area contributed by atoms with Crippen LogP contribution in [0.2, 0.25) is 0 Å². The molecule has 0 aliphatic carbocycles. The van der Waals surface area contributed by atoms with Gasteiger partial charge in [-0.05, 0) is 43.0 Å². The Labute approximate surface area is 147 Å². The monoisotopic (exact) mass is 341 g/mol. The molecule has 4 rings (SSSR count). The summed E-state index contributed by atoms with van der Waals surface area (Å²) in [5.41, 5.74) is 5.73. The molecule has 0 saturated carbocycles. The van der Waals surface area contributed by atoms with Crippen LogP contribution < -0.4 is 0 Å². The minimum Gasteiger partial charge on any atom is -0.271 e. The first-order chi connectivity index (χ1) is 11.0. The Balaban J connectivity index is 1.85. The van der Waals surface area contributed by atoms with Gasteiger partial charge < -0.3 is 0 Å². The number of benzene rings is 2. The molecule has 0 aromatic heterocycles. The zero-order chi connectivity index (χ0) is 16.1. The molecule has 2 aromatic rings. The standard InChI is InChI=1S/C20H23NS2/c1-12(2)11-21-19-15-9-13(3)5-7-17(15)22-20(21)16-10-14(4)6-8-18(16)23-19/h5-10,12,19-20H,11H2,1-4H3/t19-,20-/m1/s1. The maximum Gasteiger partial charge on any atom is 0.0883 e. The fraction of sp³-hybridized carbons (Fsp3) is 0.400. The van der Waals surface area contributed by atoms with Gasteiger partial charge in [0.1, 0.15) is 0 Å². The molecule has 2 heterocycles. The minimum atomic E-state index is 0.453. The Bertz CT molecular complexity index is 694. The summed E-state index contributed by atoms with van der Waals surface area (Å²) in [6.45, 7) is 10.2. The molecule has 2 aromatic carbocycles. The van der Waals surface area contributed by atoms with Gasteiger partial charge in [-0.15, -0.1) is 23.5 Å². The van der Waals surface area contributed by atoms with Crippen LogP contribution in [0.1, 0.15) is 46.8 Å². The van der Waals surface area contributed by atoms with Crippen LogP contribution in [0.5, 0.6) is 0 Å². The van der Waals surface area contributed by atoms with E-state index in [9.17, 15) is 0 Å². The Hall–Kier alpha value is -0.900. The van der Waals surface area contributed by atoms with Gasteiger partial charge in [-0.1, -0.05) is 49.2 Å². The van der Waals surface area contributed by atoms with Crippen molar-refractivity contribution in [3.05, 3.63) is 58.7 Å². The van der Waals surface area contributed by atoms with Crippen LogP contribution >= 0.6 is 23.5 Å². The molecule has 2 aliphatic heterocycles. The van der Waals surface area contributed by atoms with Crippen molar-refractivity contribution in [2.75, 3.05) is 6.54 Å². The highest BCUT2D eigenvalue weighted by Crippen LogP contribution is 2.60. The summed E-state index contributed by atoms with van der Waals surface area (Å²) in [6.07, 6.45) is 0. The molecule has 3 heteroatoms. The molecule has 0 N–H and O–H groups in total. The Kier molecular flexibility index (Phi) is 3.99. The number of hydrogen-bond acceptors (Lipinski definition) is 3. The summed E-state index contributed by atoms with van der Waals surface area (Å²) in [5.74, 6) is 0.680. The van der Waals surface area contributed by atoms with Gasteiger partial charge in [0.25, 0.3) is 0 Å². The smallest absolute Gasteiger partial charge is 0.0883 e. The van der Waals surface area contributed by atoms with E-state index in [1.165, 1.54) is 32.0 Å². The summed E-state index contributed by atoms with van der Waals surface area (Å²) in [4.78, 5) is 5.64. The summed E-state index contributed by atoms with van der Waals surface area (Å²) in [6, 6.07) is 13.9. The molecule has 2 bridgehead atoms. The van der Waals surface area contributed by atoms with E-state index in [1.54, 1.807) is 0 Å². The SMILES string of the molecule is Cc1ccc2c(c1)[C@H]1Sc3ccc(C)cc3[C@@H](S2)N1CC(C)C. The third-order valence-electron chi connectivity index (χ3n) is 4.52. The molecule has 23 heavy (non-hydrogen) atoms. The average Bonchev–Trinajstić information content (AvgIpc) is 2.49. The van der Waals surface area contributed by atoms with Gasteiger partial charge in [0.15, 0.2) is 0 Å². The highest BCUT2D eigenvalue weighted by molar-refractivity contribution is 8.01. The van der Waals surface area contributed by atoms with E-state index in [0.29, 0.717) is 16.7 Å². The second kappa shape index (κ2) is 5.87. The second-order valence-corrected chi connectivity index (χ2v) is 9.36. The molecule has 2 aliphatic rings. The van der Waals surface area contributed by atoms with Gasteiger partial charge in [0.05, 0.1) is 10.7 Å². The van der Waals surface area contributed by atoms with Crippen LogP contribution in [0.4, 0.5) is 0 Å². The lowest BCUT2D eigenvalue weighted by atomic mass is 10.1. The number of fused-ring (bicyclic) bond motifs is 6. The third kappa shape index (κ3) is 2.73. The first-order valence-corrected chi connectivity index (χ1v) is 10.1. The molecule has 0 amide bonds. The lowest BCUT2D eigenvalue weighted by molar-refractivity contribution is 0.201. The lowest BCUT2D eigenvalue weighted by Gasteiger charge is -2.47. The molecule has 0 unspecified atom stereocenters. The van der Waals surface area contributed by atoms with Crippen molar-refractivity contribution in [3.63, 3.8) is 0 Å². The van der Waals surface area contributed by atoms with Gasteiger partial charge >= 0.3 is 0 Å². The van der Waals surface area contributed by atoms with E-state index in [1.807, 2.05) is 23.5 Å². The summed E-state index contributed by atoms with van der Waals surface area (Å²) >= 11 is 4.07. The van der Waals surface area contributed by atoms with Crippen molar-refractivity contribution in [2.24, 2.45) is 5.92 Å². The molecule has 0 spiro atoms. The maximum absolute atomic E-state index is 2.71. The average molecular weight is 342 g/mol. The van der Waals surface area contributed by atoms with E-state index in [4.69, 9.17) is 0 Å². The largest absolute Gasteiger partial charge is 0.271 e. The van der Waals surface area contributed by atoms with Crippen LogP contribution in [0, 0.1) is 19.8 Å². The zero-order valence-corrected chi connectivity index (χ0v) is 15.8. The van der Waals surface area contributed by atoms with Crippen LogP contribution in [0.15, 0.2) is 46.2 Å². The molecular formula is C20H23NS2. The van der Waals surface area contributed by atoms with E-state index in [0.717, 1.165) is 6.54 Å². The first kappa shape index (κ1) is 15.6. The molecule has 1 nitrogen and oxygen atoms in total. The molecule has 2 atom stereocenters. The maximum atomic E-state index is 2.71. The van der Waals surface area contributed by atoms with E-state index >= 15 is 0 Å². The van der Waals surface area contributed by atoms with Crippen LogP contribution in [-0.2, 0) is 0 Å². The quantitative estimate of drug-likeness (QED) is 0.643. The number of aryl methyl sites for hydroxylation is 2. The highest BCUT2D eigenvalue weighted by Gasteiger charge is 2.41. The molecular weight excluding hydrogens is 318 g/mol. The Morgan fingerprint density at radius 2 is 1.35 bits per heavy atom. The highest BCUT2D eigenvalue weighted by atomic mass is 32.2. The van der Waals surface area contributed by atoms with E-state index in [-0.39, 0.29) is 0 Å². The minimum absolute atomic E-state index is 0.453. The summed E-state index contributed by atoms with van der Waals surface area (Å²) in [7, 11) is 0. The Morgan fingerprint density at radius 1 is 0.870 bits per heavy atom. The number of thioether (sulfide) groups is 2. The van der Waals surface area contributed by atoms with Gasteiger partial charge in [0, 0.05) is 16.3 Å². The van der Waals surface area contributed by atoms with Crippen molar-refractivity contribution in [3.8, 4) is 0 Å². The molecule has 120 valence electrons. The first-order valence-electron chi connectivity index (χ1n) is 8.33. The van der Waals surface area contributed by atoms with Gasteiger partial charge in [-0.2, -0.15) is 0 Å². The van der Waals surface area contributed by atoms with Crippen molar-refractivity contribution in [1.29, 1.82) is 0 Å². The predicted molar refractivity (Wildman–Crippen MR) is 101 cm³/mol. The Morgan fingerprint density at radius 3 is 1.78 bits per heavy atom. The normalized spacial score (nSPS) is 22.8. The van der Waals surface area contributed by atoms with Crippen LogP contribution in [0.3, 0.4) is 0 Å². The van der Waals surface area contributed by atoms with Crippen molar-refractivity contribution in [2.45, 2.75) is 48.2 Å². The second-order valence-electron chi connectivity index (χ2n) is 7.11. The number of hydrogen-bond donors (Lipinski definition) is 0. The molecule has 0 saturated heterocycles. The molecule has 0 fully saturated rings. The molecule has 0 radical (unpaired) electrons. The topological polar surface area (TPSA) is 3.24 Å². The predicted octanol–water partition coefficient (Wildman–Crippen LogP) is 6.17. The number of nitrogens with zero attached hydrogens (tertiary/aromatic N) is 1. The van der Waals surface area contributed by atoms with E-state index in [2.05, 4.69) is 69.0 Å². The zero-order valence-electron chi connectivity index (χ0n) is 14.2. The fourth-order valence-corrected chi connectivity index (χ4v) is 6.48. The van der Waals surface area contributed by atoms with Gasteiger partial charge in [-0.25, -0.2) is 0 Å². The number of rotatable bonds is 2. The fourth-order valence-electron chi connectivity index (χ4n) is 3.53. The van der Waals surface area contributed by atoms with Crippen molar-refractivity contribution in [1.82, 2.24) is 4.90 Å².